The molecule has 3 atom stereocenters. The van der Waals surface area contributed by atoms with Gasteiger partial charge in [-0.2, -0.15) is 0 Å². The first-order chi connectivity index (χ1) is 20.5. The molecule has 1 amide bonds. The summed E-state index contributed by atoms with van der Waals surface area (Å²) < 4.78 is 15.2. The summed E-state index contributed by atoms with van der Waals surface area (Å²) in [5.74, 6) is 4.17. The topological polar surface area (TPSA) is 107 Å². The second kappa shape index (κ2) is 15.8. The highest BCUT2D eigenvalue weighted by Crippen LogP contribution is 2.32. The Morgan fingerprint density at radius 3 is 2.47 bits per heavy atom. The van der Waals surface area contributed by atoms with Crippen LogP contribution in [0.1, 0.15) is 72.0 Å². The number of nitrogens with zero attached hydrogens (tertiary/aromatic N) is 3. The Morgan fingerprint density at radius 1 is 1.14 bits per heavy atom. The van der Waals surface area contributed by atoms with Crippen LogP contribution < -0.4 is 14.9 Å². The quantitative estimate of drug-likeness (QED) is 0.213. The first kappa shape index (κ1) is 34.0. The molecule has 0 aliphatic carbocycles. The zero-order valence-corrected chi connectivity index (χ0v) is 27.2. The van der Waals surface area contributed by atoms with Gasteiger partial charge in [0, 0.05) is 53.6 Å². The number of allylic oxidation sites excluding steroid dienone is 2. The maximum Gasteiger partial charge on any atom is 0.251 e. The largest absolute Gasteiger partial charge is 0.390 e. The van der Waals surface area contributed by atoms with Crippen LogP contribution in [0.5, 0.6) is 0 Å². The number of nitrogens with one attached hydrogen (secondary N) is 2. The van der Waals surface area contributed by atoms with Crippen molar-refractivity contribution in [1.29, 1.82) is 0 Å². The van der Waals surface area contributed by atoms with Crippen LogP contribution in [-0.2, 0) is 22.7 Å². The number of carbonyl (C=O) groups is 1. The summed E-state index contributed by atoms with van der Waals surface area (Å²) >= 11 is 0. The van der Waals surface area contributed by atoms with E-state index in [1.165, 1.54) is 0 Å². The van der Waals surface area contributed by atoms with Crippen LogP contribution in [0.25, 0.3) is 5.57 Å². The summed E-state index contributed by atoms with van der Waals surface area (Å²) in [5, 5.41) is 17.6. The lowest BCUT2D eigenvalue weighted by atomic mass is 9.94. The first-order valence-corrected chi connectivity index (χ1v) is 16.8. The van der Waals surface area contributed by atoms with Crippen molar-refractivity contribution in [2.45, 2.75) is 72.6 Å². The van der Waals surface area contributed by atoms with Crippen molar-refractivity contribution in [3.63, 3.8) is 0 Å². The van der Waals surface area contributed by atoms with Gasteiger partial charge in [0.1, 0.15) is 0 Å². The molecule has 3 unspecified atom stereocenters. The molecule has 0 saturated carbocycles. The predicted molar refractivity (Wildman–Crippen MR) is 180 cm³/mol. The molecule has 8 nitrogen and oxygen atoms in total. The summed E-state index contributed by atoms with van der Waals surface area (Å²) in [6, 6.07) is 12.9. The Bertz CT molecular complexity index is 1490. The number of rotatable bonds is 15. The molecule has 0 saturated heterocycles. The Balaban J connectivity index is 1.93. The molecule has 232 valence electrons. The monoisotopic (exact) mass is 605 g/mol. The SMILES string of the molecule is C=S(=O)(CCC)N(C)c1cc(C(=O)NC(Cc2ccccc2)C(O)CNCc2cnc(C)cn2)cc(/C(=C\C)CC)c1C. The number of aromatic nitrogens is 2. The lowest BCUT2D eigenvalue weighted by Crippen LogP contribution is -2.48. The molecule has 3 N–H and O–H groups in total. The minimum atomic E-state index is -2.57. The van der Waals surface area contributed by atoms with Gasteiger partial charge in [-0.3, -0.25) is 14.8 Å². The second-order valence-corrected chi connectivity index (χ2v) is 13.4. The first-order valence-electron chi connectivity index (χ1n) is 14.9. The molecular formula is C34H47N5O3S. The van der Waals surface area contributed by atoms with Crippen LogP contribution >= 0.6 is 0 Å². The van der Waals surface area contributed by atoms with Crippen molar-refractivity contribution in [3.8, 4) is 0 Å². The predicted octanol–water partition coefficient (Wildman–Crippen LogP) is 4.88. The molecule has 0 radical (unpaired) electrons. The molecule has 0 aliphatic heterocycles. The number of hydrogen-bond acceptors (Lipinski definition) is 6. The van der Waals surface area contributed by atoms with Gasteiger partial charge in [-0.15, -0.1) is 0 Å². The van der Waals surface area contributed by atoms with Gasteiger partial charge in [0.2, 0.25) is 0 Å². The Labute approximate surface area is 257 Å². The lowest BCUT2D eigenvalue weighted by molar-refractivity contribution is 0.0829. The van der Waals surface area contributed by atoms with Crippen molar-refractivity contribution in [2.75, 3.05) is 23.7 Å². The summed E-state index contributed by atoms with van der Waals surface area (Å²) in [4.78, 5) is 22.5. The fraction of sp³-hybridized carbons (Fsp3) is 0.412. The van der Waals surface area contributed by atoms with Crippen molar-refractivity contribution in [3.05, 3.63) is 94.6 Å². The number of anilines is 1. The van der Waals surface area contributed by atoms with Gasteiger partial charge in [-0.1, -0.05) is 50.3 Å². The summed E-state index contributed by atoms with van der Waals surface area (Å²) in [6.45, 7) is 10.6. The minimum absolute atomic E-state index is 0.250. The highest BCUT2D eigenvalue weighted by molar-refractivity contribution is 8.01. The van der Waals surface area contributed by atoms with Gasteiger partial charge in [-0.05, 0) is 80.3 Å². The van der Waals surface area contributed by atoms with Gasteiger partial charge in [0.15, 0.2) is 0 Å². The molecule has 1 heterocycles. The van der Waals surface area contributed by atoms with E-state index in [0.29, 0.717) is 30.0 Å². The van der Waals surface area contributed by atoms with Crippen molar-refractivity contribution < 1.29 is 14.1 Å². The summed E-state index contributed by atoms with van der Waals surface area (Å²) in [6.07, 6.45) is 6.56. The third kappa shape index (κ3) is 9.23. The van der Waals surface area contributed by atoms with Gasteiger partial charge < -0.3 is 20.0 Å². The smallest absolute Gasteiger partial charge is 0.251 e. The fourth-order valence-corrected chi connectivity index (χ4v) is 6.54. The third-order valence-corrected chi connectivity index (χ3v) is 9.89. The Hall–Kier alpha value is -3.53. The molecule has 0 fully saturated rings. The second-order valence-electron chi connectivity index (χ2n) is 10.9. The number of carbonyl (C=O) groups excluding carboxylic acids is 1. The maximum absolute atomic E-state index is 13.9. The highest BCUT2D eigenvalue weighted by atomic mass is 32.2. The standard InChI is InChI=1S/C34H47N5O3S/c1-8-16-43(7,42)39(6)32-19-28(18-30(25(32)5)27(9-2)10-3)34(41)38-31(17-26-14-12-11-13-15-26)33(40)23-35-21-29-22-36-24(4)20-37-29/h9,11-15,18-20,22,31,33,35,40H,7-8,10,16-17,21,23H2,1-6H3,(H,38,41)/b27-9-. The van der Waals surface area contributed by atoms with Crippen LogP contribution in [0, 0.1) is 13.8 Å². The number of amides is 1. The lowest BCUT2D eigenvalue weighted by Gasteiger charge is -2.28. The number of aryl methyl sites for hydroxylation is 1. The van der Waals surface area contributed by atoms with E-state index in [-0.39, 0.29) is 12.5 Å². The number of aliphatic hydroxyl groups excluding tert-OH is 1. The Kier molecular flexibility index (Phi) is 12.5. The van der Waals surface area contributed by atoms with E-state index >= 15 is 0 Å². The van der Waals surface area contributed by atoms with Crippen LogP contribution in [-0.4, -0.2) is 62.6 Å². The van der Waals surface area contributed by atoms with E-state index in [4.69, 9.17) is 0 Å². The normalized spacial score (nSPS) is 14.5. The summed E-state index contributed by atoms with van der Waals surface area (Å²) in [5.41, 5.74) is 6.74. The number of aliphatic hydroxyl groups is 1. The molecular weight excluding hydrogens is 558 g/mol. The van der Waals surface area contributed by atoms with Crippen molar-refractivity contribution in [2.24, 2.45) is 0 Å². The average Bonchev–Trinajstić information content (AvgIpc) is 2.99. The molecule has 43 heavy (non-hydrogen) atoms. The zero-order valence-electron chi connectivity index (χ0n) is 26.4. The van der Waals surface area contributed by atoms with Crippen molar-refractivity contribution in [1.82, 2.24) is 20.6 Å². The van der Waals surface area contributed by atoms with Gasteiger partial charge in [0.05, 0.1) is 29.2 Å². The molecule has 1 aromatic heterocycles. The number of hydrogen-bond donors (Lipinski definition) is 3. The zero-order chi connectivity index (χ0) is 31.6. The molecule has 3 rings (SSSR count). The summed E-state index contributed by atoms with van der Waals surface area (Å²) in [7, 11) is -0.789. The number of benzene rings is 2. The molecule has 0 aliphatic rings. The van der Waals surface area contributed by atoms with E-state index in [0.717, 1.165) is 46.5 Å². The molecule has 0 bridgehead atoms. The van der Waals surface area contributed by atoms with Crippen LogP contribution in [0.2, 0.25) is 0 Å². The van der Waals surface area contributed by atoms with E-state index in [1.54, 1.807) is 29.8 Å². The van der Waals surface area contributed by atoms with E-state index in [2.05, 4.69) is 33.4 Å². The maximum atomic E-state index is 13.9. The van der Waals surface area contributed by atoms with E-state index in [1.807, 2.05) is 70.2 Å². The molecule has 3 aromatic rings. The van der Waals surface area contributed by atoms with Crippen LogP contribution in [0.15, 0.2) is 60.9 Å². The molecule has 2 aromatic carbocycles. The van der Waals surface area contributed by atoms with Gasteiger partial charge in [0.25, 0.3) is 5.91 Å². The van der Waals surface area contributed by atoms with E-state index < -0.39 is 21.9 Å². The van der Waals surface area contributed by atoms with Crippen LogP contribution in [0.4, 0.5) is 5.69 Å². The fourth-order valence-electron chi connectivity index (χ4n) is 5.08. The Morgan fingerprint density at radius 2 is 1.86 bits per heavy atom. The van der Waals surface area contributed by atoms with Gasteiger partial charge in [-0.25, -0.2) is 4.21 Å². The third-order valence-electron chi connectivity index (χ3n) is 7.65. The molecule has 0 spiro atoms. The molecule has 9 heteroatoms. The minimum Gasteiger partial charge on any atom is -0.390 e. The van der Waals surface area contributed by atoms with E-state index in [9.17, 15) is 14.1 Å². The van der Waals surface area contributed by atoms with Crippen molar-refractivity contribution >= 4 is 32.7 Å². The average molecular weight is 606 g/mol. The highest BCUT2D eigenvalue weighted by Gasteiger charge is 2.25. The van der Waals surface area contributed by atoms with Crippen LogP contribution in [0.3, 0.4) is 0 Å². The van der Waals surface area contributed by atoms with Gasteiger partial charge >= 0.3 is 0 Å².